The summed E-state index contributed by atoms with van der Waals surface area (Å²) in [5, 5.41) is 13.9. The van der Waals surface area contributed by atoms with E-state index in [0.29, 0.717) is 6.07 Å². The van der Waals surface area contributed by atoms with Crippen LogP contribution in [0.3, 0.4) is 0 Å². The molecule has 0 fully saturated rings. The predicted molar refractivity (Wildman–Crippen MR) is 86.9 cm³/mol. The zero-order chi connectivity index (χ0) is 18.8. The Balaban J connectivity index is 2.64. The normalized spacial score (nSPS) is 17.4. The molecule has 136 valence electrons. The van der Waals surface area contributed by atoms with Crippen molar-refractivity contribution in [2.45, 2.75) is 31.2 Å². The molecular formula is C15H18F2N4O3S. The van der Waals surface area contributed by atoms with Crippen LogP contribution in [0.15, 0.2) is 35.2 Å². The van der Waals surface area contributed by atoms with Gasteiger partial charge in [0.05, 0.1) is 21.5 Å². The number of carbonyl (C=O) groups excluding carboxylic acids is 1. The lowest BCUT2D eigenvalue weighted by atomic mass is 9.90. The van der Waals surface area contributed by atoms with Gasteiger partial charge < -0.3 is 5.11 Å². The highest BCUT2D eigenvalue weighted by Crippen LogP contribution is 2.34. The van der Waals surface area contributed by atoms with Crippen molar-refractivity contribution in [2.75, 3.05) is 6.26 Å². The summed E-state index contributed by atoms with van der Waals surface area (Å²) in [6.45, 7) is 2.20. The van der Waals surface area contributed by atoms with Crippen LogP contribution in [-0.4, -0.2) is 41.5 Å². The predicted octanol–water partition coefficient (Wildman–Crippen LogP) is 1.48. The Kier molecular flexibility index (Phi) is 5.33. The molecule has 0 unspecified atom stereocenters. The number of rotatable bonds is 5. The van der Waals surface area contributed by atoms with Gasteiger partial charge in [-0.2, -0.15) is 9.46 Å². The first-order chi connectivity index (χ1) is 11.6. The molecule has 0 spiro atoms. The van der Waals surface area contributed by atoms with Crippen molar-refractivity contribution in [3.8, 4) is 0 Å². The third kappa shape index (κ3) is 4.07. The van der Waals surface area contributed by atoms with E-state index < -0.39 is 38.1 Å². The Morgan fingerprint density at radius 3 is 2.68 bits per heavy atom. The largest absolute Gasteiger partial charge is 0.382 e. The summed E-state index contributed by atoms with van der Waals surface area (Å²) in [6, 6.07) is 2.67. The van der Waals surface area contributed by atoms with Crippen LogP contribution in [-0.2, 0) is 26.7 Å². The number of aliphatic hydroxyl groups is 1. The maximum atomic E-state index is 14.3. The van der Waals surface area contributed by atoms with Crippen LogP contribution in [0.1, 0.15) is 19.4 Å². The Morgan fingerprint density at radius 1 is 1.48 bits per heavy atom. The van der Waals surface area contributed by atoms with Crippen molar-refractivity contribution in [1.29, 1.82) is 0 Å². The first-order valence-corrected chi connectivity index (χ1v) is 9.27. The summed E-state index contributed by atoms with van der Waals surface area (Å²) in [4.78, 5) is 15.0. The number of amides is 1. The molecule has 1 aromatic carbocycles. The van der Waals surface area contributed by atoms with E-state index >= 15 is 0 Å². The molecule has 1 heterocycles. The molecule has 0 bridgehead atoms. The first-order valence-electron chi connectivity index (χ1n) is 7.28. The standard InChI is InChI=1S/C15H18F2N4O3S/c1-10(25(3,24)20-11(2)22)15(23,7-21-9-18-8-19-21)13-5-4-12(16)6-14(13)17/h4-6,8-10,23H,7H2,1-3H3/t10-,15-,25-/m1/s1. The molecule has 10 heteroatoms. The van der Waals surface area contributed by atoms with E-state index in [4.69, 9.17) is 0 Å². The van der Waals surface area contributed by atoms with Gasteiger partial charge in [0.1, 0.15) is 29.9 Å². The summed E-state index contributed by atoms with van der Waals surface area (Å²) in [7, 11) is -3.24. The van der Waals surface area contributed by atoms with Gasteiger partial charge >= 0.3 is 0 Å². The van der Waals surface area contributed by atoms with Crippen molar-refractivity contribution in [3.05, 3.63) is 48.1 Å². The van der Waals surface area contributed by atoms with E-state index in [-0.39, 0.29) is 12.1 Å². The Bertz CT molecular complexity index is 894. The van der Waals surface area contributed by atoms with Crippen molar-refractivity contribution >= 4 is 15.6 Å². The number of benzene rings is 1. The lowest BCUT2D eigenvalue weighted by Crippen LogP contribution is -2.46. The molecule has 1 amide bonds. The molecule has 7 nitrogen and oxygen atoms in total. The summed E-state index contributed by atoms with van der Waals surface area (Å²) in [5.74, 6) is -2.50. The molecule has 1 aromatic heterocycles. The van der Waals surface area contributed by atoms with E-state index in [1.165, 1.54) is 30.5 Å². The second-order valence-electron chi connectivity index (χ2n) is 5.76. The van der Waals surface area contributed by atoms with Gasteiger partial charge in [-0.15, -0.1) is 0 Å². The van der Waals surface area contributed by atoms with Gasteiger partial charge in [-0.05, 0) is 13.0 Å². The fourth-order valence-electron chi connectivity index (χ4n) is 2.53. The average Bonchev–Trinajstić information content (AvgIpc) is 2.97. The maximum Gasteiger partial charge on any atom is 0.250 e. The highest BCUT2D eigenvalue weighted by Gasteiger charge is 2.43. The van der Waals surface area contributed by atoms with E-state index in [1.807, 2.05) is 0 Å². The molecule has 0 aliphatic carbocycles. The highest BCUT2D eigenvalue weighted by molar-refractivity contribution is 7.93. The first kappa shape index (κ1) is 19.1. The van der Waals surface area contributed by atoms with Gasteiger partial charge in [0.2, 0.25) is 0 Å². The number of aromatic nitrogens is 3. The molecule has 0 aliphatic heterocycles. The smallest absolute Gasteiger partial charge is 0.250 e. The van der Waals surface area contributed by atoms with E-state index in [9.17, 15) is 22.9 Å². The summed E-state index contributed by atoms with van der Waals surface area (Å²) in [5.41, 5.74) is -2.35. The van der Waals surface area contributed by atoms with E-state index in [0.717, 1.165) is 19.1 Å². The Hall–Kier alpha value is -2.20. The Labute approximate surface area is 143 Å². The van der Waals surface area contributed by atoms with Gasteiger partial charge in [0.25, 0.3) is 5.91 Å². The number of halogens is 2. The van der Waals surface area contributed by atoms with Gasteiger partial charge in [0.15, 0.2) is 0 Å². The minimum Gasteiger partial charge on any atom is -0.382 e. The second-order valence-corrected chi connectivity index (χ2v) is 8.37. The number of nitrogens with zero attached hydrogens (tertiary/aromatic N) is 4. The van der Waals surface area contributed by atoms with Crippen molar-refractivity contribution in [3.63, 3.8) is 0 Å². The molecule has 25 heavy (non-hydrogen) atoms. The van der Waals surface area contributed by atoms with Crippen molar-refractivity contribution < 1.29 is 22.9 Å². The lowest BCUT2D eigenvalue weighted by Gasteiger charge is -2.35. The molecular weight excluding hydrogens is 354 g/mol. The highest BCUT2D eigenvalue weighted by atomic mass is 32.2. The molecule has 2 aromatic rings. The van der Waals surface area contributed by atoms with Gasteiger partial charge in [-0.3, -0.25) is 4.79 Å². The van der Waals surface area contributed by atoms with Gasteiger partial charge in [-0.25, -0.2) is 22.7 Å². The molecule has 0 saturated carbocycles. The molecule has 0 aliphatic rings. The van der Waals surface area contributed by atoms with Crippen LogP contribution in [0.2, 0.25) is 0 Å². The maximum absolute atomic E-state index is 14.3. The van der Waals surface area contributed by atoms with E-state index in [1.54, 1.807) is 0 Å². The SMILES string of the molecule is CC(=O)N=[S@](C)(=O)[C@H](C)[C@](O)(Cn1cncn1)c1ccc(F)cc1F. The number of hydrogen-bond acceptors (Lipinski definition) is 5. The summed E-state index contributed by atoms with van der Waals surface area (Å²) in [6.07, 6.45) is 3.71. The fourth-order valence-corrected chi connectivity index (χ4v) is 4.12. The quantitative estimate of drug-likeness (QED) is 0.857. The van der Waals surface area contributed by atoms with Crippen LogP contribution in [0.4, 0.5) is 8.78 Å². The summed E-state index contributed by atoms with van der Waals surface area (Å²) < 4.78 is 45.2. The van der Waals surface area contributed by atoms with Crippen molar-refractivity contribution in [1.82, 2.24) is 14.8 Å². The zero-order valence-electron chi connectivity index (χ0n) is 13.9. The average molecular weight is 372 g/mol. The minimum absolute atomic E-state index is 0.273. The lowest BCUT2D eigenvalue weighted by molar-refractivity contribution is -0.115. The van der Waals surface area contributed by atoms with E-state index in [2.05, 4.69) is 14.4 Å². The van der Waals surface area contributed by atoms with Crippen molar-refractivity contribution in [2.24, 2.45) is 4.36 Å². The van der Waals surface area contributed by atoms with Crippen LogP contribution < -0.4 is 0 Å². The molecule has 1 N–H and O–H groups in total. The van der Waals surface area contributed by atoms with Gasteiger partial charge in [-0.1, -0.05) is 6.07 Å². The zero-order valence-corrected chi connectivity index (χ0v) is 14.7. The third-order valence-corrected chi connectivity index (χ3v) is 6.23. The molecule has 0 saturated heterocycles. The van der Waals surface area contributed by atoms with Crippen LogP contribution >= 0.6 is 0 Å². The Morgan fingerprint density at radius 2 is 2.16 bits per heavy atom. The van der Waals surface area contributed by atoms with Gasteiger partial charge in [0, 0.05) is 24.8 Å². The molecule has 2 rings (SSSR count). The van der Waals surface area contributed by atoms with Crippen LogP contribution in [0.5, 0.6) is 0 Å². The topological polar surface area (TPSA) is 97.4 Å². The third-order valence-electron chi connectivity index (χ3n) is 3.91. The fraction of sp³-hybridized carbons (Fsp3) is 0.400. The minimum atomic E-state index is -3.24. The van der Waals surface area contributed by atoms with Crippen LogP contribution in [0, 0.1) is 11.6 Å². The monoisotopic (exact) mass is 372 g/mol. The number of carbonyl (C=O) groups is 1. The number of hydrogen-bond donors (Lipinski definition) is 1. The molecule has 3 atom stereocenters. The van der Waals surface area contributed by atoms with Crippen LogP contribution in [0.25, 0.3) is 0 Å². The summed E-state index contributed by atoms with van der Waals surface area (Å²) >= 11 is 0. The molecule has 0 radical (unpaired) electrons. The second kappa shape index (κ2) is 6.96.